The van der Waals surface area contributed by atoms with E-state index >= 15 is 0 Å². The smallest absolute Gasteiger partial charge is 0.227 e. The van der Waals surface area contributed by atoms with E-state index in [1.54, 1.807) is 0 Å². The highest BCUT2D eigenvalue weighted by molar-refractivity contribution is 5.83. The van der Waals surface area contributed by atoms with Gasteiger partial charge in [0.25, 0.3) is 0 Å². The predicted molar refractivity (Wildman–Crippen MR) is 83.8 cm³/mol. The minimum atomic E-state index is -0.191. The molecule has 0 spiro atoms. The van der Waals surface area contributed by atoms with Gasteiger partial charge in [0.05, 0.1) is 11.6 Å². The normalized spacial score (nSPS) is 18.8. The summed E-state index contributed by atoms with van der Waals surface area (Å²) < 4.78 is 7.69. The summed E-state index contributed by atoms with van der Waals surface area (Å²) in [7, 11) is 0. The van der Waals surface area contributed by atoms with Gasteiger partial charge in [-0.1, -0.05) is 0 Å². The molecule has 5 heteroatoms. The summed E-state index contributed by atoms with van der Waals surface area (Å²) in [5.74, 6) is 2.68. The first-order chi connectivity index (χ1) is 10.4. The van der Waals surface area contributed by atoms with E-state index in [2.05, 4.69) is 21.1 Å². The van der Waals surface area contributed by atoms with Gasteiger partial charge in [-0.05, 0) is 40.2 Å². The molecule has 2 aromatic rings. The fraction of sp³-hybridized carbons (Fsp3) is 0.529. The largest absolute Gasteiger partial charge is 0.466 e. The lowest BCUT2D eigenvalue weighted by molar-refractivity contribution is -0.123. The first-order valence-electron chi connectivity index (χ1n) is 7.84. The number of aromatic nitrogens is 2. The fourth-order valence-electron chi connectivity index (χ4n) is 3.25. The molecule has 3 heterocycles. The number of nitrogens with zero attached hydrogens (tertiary/aromatic N) is 2. The van der Waals surface area contributed by atoms with Crippen molar-refractivity contribution in [1.82, 2.24) is 14.9 Å². The second kappa shape index (κ2) is 5.63. The number of hydrogen-bond acceptors (Lipinski definition) is 3. The lowest BCUT2D eigenvalue weighted by Crippen LogP contribution is -2.42. The topological polar surface area (TPSA) is 60.1 Å². The number of aryl methyl sites for hydroxylation is 4. The summed E-state index contributed by atoms with van der Waals surface area (Å²) in [6, 6.07) is 2.13. The average molecular weight is 301 g/mol. The molecule has 0 bridgehead atoms. The highest BCUT2D eigenvalue weighted by Crippen LogP contribution is 2.24. The Morgan fingerprint density at radius 2 is 2.23 bits per heavy atom. The highest BCUT2D eigenvalue weighted by Gasteiger charge is 2.25. The summed E-state index contributed by atoms with van der Waals surface area (Å²) in [6.45, 7) is 8.56. The Hall–Kier alpha value is -2.04. The maximum absolute atomic E-state index is 12.5. The van der Waals surface area contributed by atoms with E-state index < -0.39 is 0 Å². The third-order valence-electron chi connectivity index (χ3n) is 4.40. The van der Waals surface area contributed by atoms with E-state index in [-0.39, 0.29) is 17.9 Å². The lowest BCUT2D eigenvalue weighted by Gasteiger charge is -2.26. The van der Waals surface area contributed by atoms with Crippen molar-refractivity contribution in [3.63, 3.8) is 0 Å². The van der Waals surface area contributed by atoms with Gasteiger partial charge in [-0.3, -0.25) is 4.79 Å². The first kappa shape index (κ1) is 14.9. The van der Waals surface area contributed by atoms with Crippen molar-refractivity contribution >= 4 is 5.91 Å². The van der Waals surface area contributed by atoms with Crippen LogP contribution < -0.4 is 5.32 Å². The summed E-state index contributed by atoms with van der Waals surface area (Å²) >= 11 is 0. The fourth-order valence-corrected chi connectivity index (χ4v) is 3.25. The van der Waals surface area contributed by atoms with Crippen LogP contribution in [0.4, 0.5) is 0 Å². The van der Waals surface area contributed by atoms with Crippen LogP contribution in [0.15, 0.2) is 16.7 Å². The molecule has 0 saturated heterocycles. The zero-order valence-corrected chi connectivity index (χ0v) is 13.6. The van der Waals surface area contributed by atoms with Crippen molar-refractivity contribution < 1.29 is 9.21 Å². The van der Waals surface area contributed by atoms with E-state index in [1.807, 2.05) is 33.8 Å². The van der Waals surface area contributed by atoms with Crippen LogP contribution in [0.25, 0.3) is 0 Å². The number of fused-ring (bicyclic) bond motifs is 1. The zero-order valence-electron chi connectivity index (χ0n) is 13.6. The van der Waals surface area contributed by atoms with Gasteiger partial charge in [0.2, 0.25) is 5.91 Å². The Balaban J connectivity index is 1.66. The number of amides is 1. The molecule has 1 aliphatic heterocycles. The molecule has 0 aliphatic carbocycles. The van der Waals surface area contributed by atoms with Crippen LogP contribution >= 0.6 is 0 Å². The third-order valence-corrected chi connectivity index (χ3v) is 4.40. The van der Waals surface area contributed by atoms with Crippen molar-refractivity contribution in [2.45, 2.75) is 59.0 Å². The Bertz CT molecular complexity index is 699. The SMILES string of the molecule is Cc1cn2c(n1)CCC(NC(=O)C(C)c1cc(C)oc1C)C2. The van der Waals surface area contributed by atoms with E-state index in [9.17, 15) is 4.79 Å². The molecule has 2 unspecified atom stereocenters. The van der Waals surface area contributed by atoms with E-state index in [0.29, 0.717) is 0 Å². The van der Waals surface area contributed by atoms with E-state index in [4.69, 9.17) is 4.42 Å². The van der Waals surface area contributed by atoms with Gasteiger partial charge in [-0.15, -0.1) is 0 Å². The van der Waals surface area contributed by atoms with Crippen LogP contribution in [-0.4, -0.2) is 21.5 Å². The summed E-state index contributed by atoms with van der Waals surface area (Å²) in [5, 5.41) is 3.17. The van der Waals surface area contributed by atoms with Crippen molar-refractivity contribution in [2.24, 2.45) is 0 Å². The molecular weight excluding hydrogens is 278 g/mol. The van der Waals surface area contributed by atoms with Crippen LogP contribution in [0.5, 0.6) is 0 Å². The molecule has 118 valence electrons. The predicted octanol–water partition coefficient (Wildman–Crippen LogP) is 2.64. The standard InChI is InChI=1S/C17H23N3O2/c1-10-8-20-9-14(5-6-16(20)18-10)19-17(21)12(3)15-7-11(2)22-13(15)4/h7-8,12,14H,5-6,9H2,1-4H3,(H,19,21). The molecule has 0 aromatic carbocycles. The van der Waals surface area contributed by atoms with Crippen molar-refractivity contribution in [3.05, 3.63) is 40.9 Å². The van der Waals surface area contributed by atoms with Crippen LogP contribution in [0, 0.1) is 20.8 Å². The molecule has 2 aromatic heterocycles. The molecule has 1 amide bonds. The van der Waals surface area contributed by atoms with Crippen molar-refractivity contribution in [2.75, 3.05) is 0 Å². The molecule has 22 heavy (non-hydrogen) atoms. The number of carbonyl (C=O) groups excluding carboxylic acids is 1. The summed E-state index contributed by atoms with van der Waals surface area (Å²) in [5.41, 5.74) is 2.02. The molecule has 3 rings (SSSR count). The number of carbonyl (C=O) groups is 1. The molecule has 1 aliphatic rings. The molecule has 1 N–H and O–H groups in total. The maximum atomic E-state index is 12.5. The second-order valence-electron chi connectivity index (χ2n) is 6.29. The Morgan fingerprint density at radius 1 is 1.45 bits per heavy atom. The molecular formula is C17H23N3O2. The van der Waals surface area contributed by atoms with Gasteiger partial charge in [-0.25, -0.2) is 4.98 Å². The number of nitrogens with one attached hydrogen (secondary N) is 1. The first-order valence-corrected chi connectivity index (χ1v) is 7.84. The molecule has 0 radical (unpaired) electrons. The minimum absolute atomic E-state index is 0.0641. The summed E-state index contributed by atoms with van der Waals surface area (Å²) in [6.07, 6.45) is 3.91. The molecule has 0 fully saturated rings. The highest BCUT2D eigenvalue weighted by atomic mass is 16.3. The Kier molecular flexibility index (Phi) is 3.81. The van der Waals surface area contributed by atoms with Crippen LogP contribution in [0.3, 0.4) is 0 Å². The molecule has 5 nitrogen and oxygen atoms in total. The van der Waals surface area contributed by atoms with Gasteiger partial charge < -0.3 is 14.3 Å². The average Bonchev–Trinajstić information content (AvgIpc) is 2.98. The Labute approximate surface area is 130 Å². The quantitative estimate of drug-likeness (QED) is 0.948. The minimum Gasteiger partial charge on any atom is -0.466 e. The van der Waals surface area contributed by atoms with Gasteiger partial charge in [0.15, 0.2) is 0 Å². The van der Waals surface area contributed by atoms with E-state index in [1.165, 1.54) is 0 Å². The van der Waals surface area contributed by atoms with Crippen molar-refractivity contribution in [1.29, 1.82) is 0 Å². The van der Waals surface area contributed by atoms with Gasteiger partial charge >= 0.3 is 0 Å². The Morgan fingerprint density at radius 3 is 2.91 bits per heavy atom. The number of rotatable bonds is 3. The molecule has 0 saturated carbocycles. The number of hydrogen-bond donors (Lipinski definition) is 1. The van der Waals surface area contributed by atoms with Crippen molar-refractivity contribution in [3.8, 4) is 0 Å². The van der Waals surface area contributed by atoms with Crippen LogP contribution in [-0.2, 0) is 17.8 Å². The zero-order chi connectivity index (χ0) is 15.9. The summed E-state index contributed by atoms with van der Waals surface area (Å²) in [4.78, 5) is 17.0. The van der Waals surface area contributed by atoms with Gasteiger partial charge in [-0.2, -0.15) is 0 Å². The second-order valence-corrected chi connectivity index (χ2v) is 6.29. The molecule has 2 atom stereocenters. The monoisotopic (exact) mass is 301 g/mol. The van der Waals surface area contributed by atoms with Gasteiger partial charge in [0, 0.05) is 30.8 Å². The maximum Gasteiger partial charge on any atom is 0.227 e. The lowest BCUT2D eigenvalue weighted by atomic mass is 9.99. The van der Waals surface area contributed by atoms with Crippen LogP contribution in [0.2, 0.25) is 0 Å². The van der Waals surface area contributed by atoms with Gasteiger partial charge in [0.1, 0.15) is 17.3 Å². The third kappa shape index (κ3) is 2.80. The number of furan rings is 1. The van der Waals surface area contributed by atoms with Crippen LogP contribution in [0.1, 0.15) is 47.9 Å². The van der Waals surface area contributed by atoms with E-state index in [0.717, 1.165) is 48.0 Å². The number of imidazole rings is 1.